The number of hydrogen-bond donors (Lipinski definition) is 0. The molecule has 4 rings (SSSR count). The molecule has 0 N–H and O–H groups in total. The van der Waals surface area contributed by atoms with Crippen molar-refractivity contribution in [1.29, 1.82) is 0 Å². The fourth-order valence-corrected chi connectivity index (χ4v) is 2.61. The molecule has 1 aliphatic heterocycles. The van der Waals surface area contributed by atoms with Gasteiger partial charge in [0, 0.05) is 6.42 Å². The average molecular weight is 294 g/mol. The van der Waals surface area contributed by atoms with Crippen molar-refractivity contribution in [3.8, 4) is 22.6 Å². The topological polar surface area (TPSA) is 48.7 Å². The predicted molar refractivity (Wildman–Crippen MR) is 83.5 cm³/mol. The van der Waals surface area contributed by atoms with Crippen LogP contribution in [0.25, 0.3) is 22.1 Å². The number of fused-ring (bicyclic) bond motifs is 2. The Bertz CT molecular complexity index is 895. The fraction of sp³-hybridized carbons (Fsp3) is 0.167. The first-order chi connectivity index (χ1) is 10.8. The molecule has 0 fully saturated rings. The molecule has 0 radical (unpaired) electrons. The lowest BCUT2D eigenvalue weighted by Gasteiger charge is -2.09. The number of ether oxygens (including phenoxy) is 2. The molecule has 0 amide bonds. The molecular weight excluding hydrogens is 280 g/mol. The van der Waals surface area contributed by atoms with Gasteiger partial charge >= 0.3 is 0 Å². The summed E-state index contributed by atoms with van der Waals surface area (Å²) in [5.41, 5.74) is 1.83. The first kappa shape index (κ1) is 13.0. The van der Waals surface area contributed by atoms with Crippen molar-refractivity contribution >= 4 is 11.0 Å². The minimum absolute atomic E-state index is 0.0451. The molecule has 0 saturated heterocycles. The molecule has 0 bridgehead atoms. The van der Waals surface area contributed by atoms with Gasteiger partial charge in [0.1, 0.15) is 11.8 Å². The maximum atomic E-state index is 12.6. The zero-order valence-electron chi connectivity index (χ0n) is 11.9. The van der Waals surface area contributed by atoms with Gasteiger partial charge < -0.3 is 13.9 Å². The monoisotopic (exact) mass is 294 g/mol. The van der Waals surface area contributed by atoms with E-state index in [0.29, 0.717) is 41.2 Å². The molecule has 3 aromatic rings. The normalized spacial score (nSPS) is 13.8. The van der Waals surface area contributed by atoms with Crippen LogP contribution in [-0.4, -0.2) is 13.2 Å². The second-order valence-corrected chi connectivity index (χ2v) is 5.19. The minimum Gasteiger partial charge on any atom is -0.490 e. The van der Waals surface area contributed by atoms with Crippen LogP contribution in [0.1, 0.15) is 6.42 Å². The van der Waals surface area contributed by atoms with Gasteiger partial charge in [-0.2, -0.15) is 0 Å². The Hall–Kier alpha value is -2.75. The van der Waals surface area contributed by atoms with Crippen molar-refractivity contribution in [3.05, 3.63) is 59.0 Å². The van der Waals surface area contributed by atoms with E-state index in [1.54, 1.807) is 12.1 Å². The Kier molecular flexibility index (Phi) is 3.07. The molecule has 0 aliphatic carbocycles. The summed E-state index contributed by atoms with van der Waals surface area (Å²) < 4.78 is 16.9. The third-order valence-corrected chi connectivity index (χ3v) is 3.74. The highest BCUT2D eigenvalue weighted by Crippen LogP contribution is 2.33. The van der Waals surface area contributed by atoms with E-state index in [4.69, 9.17) is 13.9 Å². The number of rotatable bonds is 1. The molecule has 0 saturated carbocycles. The summed E-state index contributed by atoms with van der Waals surface area (Å²) >= 11 is 0. The van der Waals surface area contributed by atoms with E-state index in [1.165, 1.54) is 6.26 Å². The second kappa shape index (κ2) is 5.22. The summed E-state index contributed by atoms with van der Waals surface area (Å²) in [4.78, 5) is 12.6. The minimum atomic E-state index is -0.0451. The summed E-state index contributed by atoms with van der Waals surface area (Å²) in [6, 6.07) is 12.8. The average Bonchev–Trinajstić information content (AvgIpc) is 2.80. The second-order valence-electron chi connectivity index (χ2n) is 5.19. The zero-order chi connectivity index (χ0) is 14.9. The third kappa shape index (κ3) is 2.13. The molecule has 110 valence electrons. The lowest BCUT2D eigenvalue weighted by atomic mass is 10.0. The molecule has 4 heteroatoms. The number of hydrogen-bond acceptors (Lipinski definition) is 4. The van der Waals surface area contributed by atoms with E-state index in [-0.39, 0.29) is 5.43 Å². The Morgan fingerprint density at radius 2 is 1.73 bits per heavy atom. The van der Waals surface area contributed by atoms with E-state index in [0.717, 1.165) is 12.0 Å². The quantitative estimate of drug-likeness (QED) is 0.687. The van der Waals surface area contributed by atoms with Crippen LogP contribution in [0.4, 0.5) is 0 Å². The maximum Gasteiger partial charge on any atom is 0.200 e. The molecule has 4 nitrogen and oxygen atoms in total. The standard InChI is InChI=1S/C18H14O4/c19-18-13-4-1-2-5-15(13)22-11-14(18)12-6-7-16-17(10-12)21-9-3-8-20-16/h1-2,4-7,10-11H,3,8-9H2. The van der Waals surface area contributed by atoms with Crippen LogP contribution in [-0.2, 0) is 0 Å². The fourth-order valence-electron chi connectivity index (χ4n) is 2.61. The van der Waals surface area contributed by atoms with E-state index in [9.17, 15) is 4.79 Å². The van der Waals surface area contributed by atoms with Crippen LogP contribution in [0, 0.1) is 0 Å². The first-order valence-corrected chi connectivity index (χ1v) is 7.23. The summed E-state index contributed by atoms with van der Waals surface area (Å²) in [5, 5.41) is 0.576. The molecule has 1 aliphatic rings. The van der Waals surface area contributed by atoms with E-state index < -0.39 is 0 Å². The highest BCUT2D eigenvalue weighted by Gasteiger charge is 2.14. The predicted octanol–water partition coefficient (Wildman–Crippen LogP) is 3.62. The molecule has 0 spiro atoms. The van der Waals surface area contributed by atoms with Crippen LogP contribution in [0.5, 0.6) is 11.5 Å². The van der Waals surface area contributed by atoms with Gasteiger partial charge in [0.25, 0.3) is 0 Å². The highest BCUT2D eigenvalue weighted by molar-refractivity contribution is 5.81. The Morgan fingerprint density at radius 1 is 0.909 bits per heavy atom. The highest BCUT2D eigenvalue weighted by atomic mass is 16.5. The van der Waals surface area contributed by atoms with Gasteiger partial charge in [-0.1, -0.05) is 18.2 Å². The Morgan fingerprint density at radius 3 is 2.64 bits per heavy atom. The van der Waals surface area contributed by atoms with Crippen LogP contribution in [0.2, 0.25) is 0 Å². The van der Waals surface area contributed by atoms with Gasteiger partial charge in [-0.15, -0.1) is 0 Å². The maximum absolute atomic E-state index is 12.6. The zero-order valence-corrected chi connectivity index (χ0v) is 11.9. The van der Waals surface area contributed by atoms with Crippen LogP contribution in [0.3, 0.4) is 0 Å². The lowest BCUT2D eigenvalue weighted by molar-refractivity contribution is 0.297. The van der Waals surface area contributed by atoms with Gasteiger partial charge in [0.05, 0.1) is 24.2 Å². The van der Waals surface area contributed by atoms with E-state index in [1.807, 2.05) is 30.3 Å². The first-order valence-electron chi connectivity index (χ1n) is 7.23. The molecule has 2 aromatic carbocycles. The van der Waals surface area contributed by atoms with Crippen molar-refractivity contribution in [1.82, 2.24) is 0 Å². The van der Waals surface area contributed by atoms with Crippen molar-refractivity contribution < 1.29 is 13.9 Å². The van der Waals surface area contributed by atoms with Crippen molar-refractivity contribution in [2.45, 2.75) is 6.42 Å². The van der Waals surface area contributed by atoms with Gasteiger partial charge in [-0.3, -0.25) is 4.79 Å². The lowest BCUT2D eigenvalue weighted by Crippen LogP contribution is -2.04. The Balaban J connectivity index is 1.87. The largest absolute Gasteiger partial charge is 0.490 e. The van der Waals surface area contributed by atoms with E-state index >= 15 is 0 Å². The van der Waals surface area contributed by atoms with Crippen molar-refractivity contribution in [2.75, 3.05) is 13.2 Å². The summed E-state index contributed by atoms with van der Waals surface area (Å²) in [7, 11) is 0. The number of para-hydroxylation sites is 1. The molecule has 2 heterocycles. The van der Waals surface area contributed by atoms with Crippen LogP contribution >= 0.6 is 0 Å². The molecular formula is C18H14O4. The van der Waals surface area contributed by atoms with Gasteiger partial charge in [0.15, 0.2) is 16.9 Å². The van der Waals surface area contributed by atoms with Crippen LogP contribution in [0.15, 0.2) is 57.9 Å². The summed E-state index contributed by atoms with van der Waals surface area (Å²) in [5.74, 6) is 1.38. The molecule has 22 heavy (non-hydrogen) atoms. The number of benzene rings is 2. The molecule has 0 unspecified atom stereocenters. The molecule has 1 aromatic heterocycles. The Labute approximate surface area is 126 Å². The molecule has 0 atom stereocenters. The third-order valence-electron chi connectivity index (χ3n) is 3.74. The summed E-state index contributed by atoms with van der Waals surface area (Å²) in [6.45, 7) is 1.26. The van der Waals surface area contributed by atoms with Gasteiger partial charge in [0.2, 0.25) is 0 Å². The van der Waals surface area contributed by atoms with Gasteiger partial charge in [-0.05, 0) is 29.8 Å². The summed E-state index contributed by atoms with van der Waals surface area (Å²) in [6.07, 6.45) is 2.35. The van der Waals surface area contributed by atoms with Crippen LogP contribution < -0.4 is 14.9 Å². The van der Waals surface area contributed by atoms with Crippen molar-refractivity contribution in [3.63, 3.8) is 0 Å². The van der Waals surface area contributed by atoms with Gasteiger partial charge in [-0.25, -0.2) is 0 Å². The SMILES string of the molecule is O=c1c(-c2ccc3c(c2)OCCCO3)coc2ccccc12. The van der Waals surface area contributed by atoms with E-state index in [2.05, 4.69) is 0 Å². The van der Waals surface area contributed by atoms with Crippen molar-refractivity contribution in [2.24, 2.45) is 0 Å². The smallest absolute Gasteiger partial charge is 0.200 e.